The fraction of sp³-hybridized carbons (Fsp3) is 0. The molecule has 0 fully saturated rings. The molecule has 124 valence electrons. The maximum Gasteiger partial charge on any atom is 0.266 e. The van der Waals surface area contributed by atoms with Gasteiger partial charge >= 0.3 is 0 Å². The average Bonchev–Trinajstić information content (AvgIpc) is 2.92. The molecule has 5 rings (SSSR count). The number of fused-ring (bicyclic) bond motifs is 3. The SMILES string of the molecule is O=C1c2ccccc2C(=O)N1c1cccc2oc3ccccc3c(=O)c12. The summed E-state index contributed by atoms with van der Waals surface area (Å²) in [5.74, 6) is -0.878. The Morgan fingerprint density at radius 2 is 1.27 bits per heavy atom. The number of nitrogens with zero attached hydrogens (tertiary/aromatic N) is 1. The van der Waals surface area contributed by atoms with Crippen LogP contribution in [0.1, 0.15) is 20.7 Å². The van der Waals surface area contributed by atoms with Gasteiger partial charge in [0, 0.05) is 0 Å². The highest BCUT2D eigenvalue weighted by molar-refractivity contribution is 6.36. The summed E-state index contributed by atoms with van der Waals surface area (Å²) in [5.41, 5.74) is 1.44. The summed E-state index contributed by atoms with van der Waals surface area (Å²) in [6.07, 6.45) is 0. The van der Waals surface area contributed by atoms with Gasteiger partial charge in [-0.05, 0) is 36.4 Å². The quantitative estimate of drug-likeness (QED) is 0.391. The van der Waals surface area contributed by atoms with E-state index in [1.165, 1.54) is 0 Å². The molecule has 1 aliphatic heterocycles. The smallest absolute Gasteiger partial charge is 0.266 e. The fourth-order valence-electron chi connectivity index (χ4n) is 3.42. The van der Waals surface area contributed by atoms with E-state index in [9.17, 15) is 14.4 Å². The largest absolute Gasteiger partial charge is 0.456 e. The molecule has 2 amide bonds. The summed E-state index contributed by atoms with van der Waals surface area (Å²) in [6, 6.07) is 18.5. The fourth-order valence-corrected chi connectivity index (χ4v) is 3.42. The van der Waals surface area contributed by atoms with E-state index < -0.39 is 11.8 Å². The lowest BCUT2D eigenvalue weighted by Crippen LogP contribution is -2.30. The van der Waals surface area contributed by atoms with Crippen LogP contribution in [-0.2, 0) is 0 Å². The standard InChI is InChI=1S/C21H11NO4/c23-19-14-8-3-4-10-16(14)26-17-11-5-9-15(18(17)19)22-20(24)12-6-1-2-7-13(12)21(22)25/h1-11H. The van der Waals surface area contributed by atoms with Gasteiger partial charge in [0.1, 0.15) is 11.2 Å². The first kappa shape index (κ1) is 14.6. The van der Waals surface area contributed by atoms with Crippen molar-refractivity contribution in [3.63, 3.8) is 0 Å². The molecule has 26 heavy (non-hydrogen) atoms. The van der Waals surface area contributed by atoms with Gasteiger partial charge in [-0.1, -0.05) is 30.3 Å². The number of rotatable bonds is 1. The number of para-hydroxylation sites is 1. The number of imide groups is 1. The Morgan fingerprint density at radius 1 is 0.654 bits per heavy atom. The van der Waals surface area contributed by atoms with Gasteiger partial charge in [-0.25, -0.2) is 4.90 Å². The van der Waals surface area contributed by atoms with E-state index in [1.807, 2.05) is 0 Å². The second kappa shape index (κ2) is 5.13. The highest BCUT2D eigenvalue weighted by Gasteiger charge is 2.37. The van der Waals surface area contributed by atoms with Crippen molar-refractivity contribution in [1.82, 2.24) is 0 Å². The third kappa shape index (κ3) is 1.82. The van der Waals surface area contributed by atoms with Gasteiger partial charge in [0.15, 0.2) is 0 Å². The minimum atomic E-state index is -0.439. The molecule has 5 heteroatoms. The number of carbonyl (C=O) groups is 2. The van der Waals surface area contributed by atoms with E-state index in [0.29, 0.717) is 27.7 Å². The van der Waals surface area contributed by atoms with Crippen molar-refractivity contribution in [3.05, 3.63) is 88.1 Å². The van der Waals surface area contributed by atoms with E-state index in [0.717, 1.165) is 4.90 Å². The van der Waals surface area contributed by atoms with Gasteiger partial charge in [0.05, 0.1) is 27.6 Å². The molecule has 2 heterocycles. The number of carbonyl (C=O) groups excluding carboxylic acids is 2. The summed E-state index contributed by atoms with van der Waals surface area (Å²) in [6.45, 7) is 0. The van der Waals surface area contributed by atoms with Crippen LogP contribution in [0.3, 0.4) is 0 Å². The Bertz CT molecular complexity index is 1270. The molecule has 0 saturated carbocycles. The molecule has 0 atom stereocenters. The first-order chi connectivity index (χ1) is 12.7. The van der Waals surface area contributed by atoms with Gasteiger partial charge < -0.3 is 4.42 Å². The minimum Gasteiger partial charge on any atom is -0.456 e. The molecule has 5 nitrogen and oxygen atoms in total. The van der Waals surface area contributed by atoms with Crippen LogP contribution in [0.4, 0.5) is 5.69 Å². The second-order valence-electron chi connectivity index (χ2n) is 6.07. The summed E-state index contributed by atoms with van der Waals surface area (Å²) >= 11 is 0. The van der Waals surface area contributed by atoms with E-state index in [2.05, 4.69) is 0 Å². The molecular weight excluding hydrogens is 330 g/mol. The highest BCUT2D eigenvalue weighted by Crippen LogP contribution is 2.33. The molecule has 1 aliphatic rings. The molecule has 4 aromatic rings. The summed E-state index contributed by atoms with van der Waals surface area (Å²) in [7, 11) is 0. The van der Waals surface area contributed by atoms with Crippen molar-refractivity contribution in [2.45, 2.75) is 0 Å². The maximum atomic E-state index is 13.0. The van der Waals surface area contributed by atoms with E-state index >= 15 is 0 Å². The van der Waals surface area contributed by atoms with E-state index in [1.54, 1.807) is 66.7 Å². The van der Waals surface area contributed by atoms with Gasteiger partial charge in [-0.15, -0.1) is 0 Å². The molecule has 0 saturated heterocycles. The number of amides is 2. The zero-order chi connectivity index (χ0) is 17.8. The van der Waals surface area contributed by atoms with Crippen LogP contribution in [0.2, 0.25) is 0 Å². The Balaban J connectivity index is 1.84. The average molecular weight is 341 g/mol. The molecule has 0 bridgehead atoms. The Labute approximate surface area is 147 Å². The van der Waals surface area contributed by atoms with Crippen molar-refractivity contribution in [3.8, 4) is 0 Å². The summed E-state index contributed by atoms with van der Waals surface area (Å²) in [4.78, 5) is 39.7. The third-order valence-corrected chi connectivity index (χ3v) is 4.62. The van der Waals surface area contributed by atoms with Crippen molar-refractivity contribution >= 4 is 39.4 Å². The Morgan fingerprint density at radius 3 is 2.00 bits per heavy atom. The number of anilines is 1. The Kier molecular flexibility index (Phi) is 2.88. The first-order valence-corrected chi connectivity index (χ1v) is 8.09. The number of hydrogen-bond donors (Lipinski definition) is 0. The predicted octanol–water partition coefficient (Wildman–Crippen LogP) is 3.75. The van der Waals surface area contributed by atoms with Gasteiger partial charge in [-0.2, -0.15) is 0 Å². The van der Waals surface area contributed by atoms with Crippen LogP contribution in [0.15, 0.2) is 75.9 Å². The molecule has 0 aliphatic carbocycles. The predicted molar refractivity (Wildman–Crippen MR) is 97.6 cm³/mol. The van der Waals surface area contributed by atoms with Crippen molar-refractivity contribution < 1.29 is 14.0 Å². The molecule has 0 N–H and O–H groups in total. The lowest BCUT2D eigenvalue weighted by Gasteiger charge is -2.16. The molecular formula is C21H11NO4. The zero-order valence-corrected chi connectivity index (χ0v) is 13.4. The highest BCUT2D eigenvalue weighted by atomic mass is 16.3. The third-order valence-electron chi connectivity index (χ3n) is 4.62. The van der Waals surface area contributed by atoms with Crippen molar-refractivity contribution in [2.75, 3.05) is 4.90 Å². The van der Waals surface area contributed by atoms with E-state index in [-0.39, 0.29) is 16.5 Å². The zero-order valence-electron chi connectivity index (χ0n) is 13.4. The molecule has 0 unspecified atom stereocenters. The van der Waals surface area contributed by atoms with Crippen LogP contribution >= 0.6 is 0 Å². The lowest BCUT2D eigenvalue weighted by molar-refractivity contribution is 0.0926. The maximum absolute atomic E-state index is 13.0. The van der Waals surface area contributed by atoms with Crippen LogP contribution in [0.25, 0.3) is 21.9 Å². The topological polar surface area (TPSA) is 67.6 Å². The molecule has 0 radical (unpaired) electrons. The van der Waals surface area contributed by atoms with Gasteiger partial charge in [-0.3, -0.25) is 14.4 Å². The van der Waals surface area contributed by atoms with Gasteiger partial charge in [0.25, 0.3) is 11.8 Å². The Hall–Kier alpha value is -3.73. The monoisotopic (exact) mass is 341 g/mol. The molecule has 0 spiro atoms. The van der Waals surface area contributed by atoms with Crippen LogP contribution in [0.5, 0.6) is 0 Å². The van der Waals surface area contributed by atoms with Crippen molar-refractivity contribution in [1.29, 1.82) is 0 Å². The lowest BCUT2D eigenvalue weighted by atomic mass is 10.1. The normalized spacial score (nSPS) is 13.6. The minimum absolute atomic E-state index is 0.223. The molecule has 1 aromatic heterocycles. The van der Waals surface area contributed by atoms with Crippen LogP contribution < -0.4 is 10.3 Å². The molecule has 3 aromatic carbocycles. The van der Waals surface area contributed by atoms with Gasteiger partial charge in [0.2, 0.25) is 5.43 Å². The number of hydrogen-bond acceptors (Lipinski definition) is 4. The van der Waals surface area contributed by atoms with Crippen molar-refractivity contribution in [2.24, 2.45) is 0 Å². The summed E-state index contributed by atoms with van der Waals surface area (Å²) < 4.78 is 5.83. The van der Waals surface area contributed by atoms with E-state index in [4.69, 9.17) is 4.42 Å². The summed E-state index contributed by atoms with van der Waals surface area (Å²) in [5, 5.41) is 0.629. The first-order valence-electron chi connectivity index (χ1n) is 8.09. The van der Waals surface area contributed by atoms with Crippen LogP contribution in [0, 0.1) is 0 Å². The van der Waals surface area contributed by atoms with Crippen LogP contribution in [-0.4, -0.2) is 11.8 Å². The second-order valence-corrected chi connectivity index (χ2v) is 6.07. The number of benzene rings is 3.